The lowest BCUT2D eigenvalue weighted by Crippen LogP contribution is -2.36. The van der Waals surface area contributed by atoms with Gasteiger partial charge in [0.05, 0.1) is 6.61 Å². The van der Waals surface area contributed by atoms with E-state index < -0.39 is 11.8 Å². The summed E-state index contributed by atoms with van der Waals surface area (Å²) in [5.41, 5.74) is 2.23. The molecule has 2 rings (SSSR count). The number of rotatable bonds is 7. The normalized spacial score (nSPS) is 11.0. The van der Waals surface area contributed by atoms with Gasteiger partial charge in [-0.3, -0.25) is 9.59 Å². The van der Waals surface area contributed by atoms with Gasteiger partial charge in [-0.1, -0.05) is 60.3 Å². The highest BCUT2D eigenvalue weighted by atomic mass is 35.5. The number of carbonyl (C=O) groups is 2. The monoisotopic (exact) mass is 369 g/mol. The Hall–Kier alpha value is -2.57. The molecule has 0 aliphatic rings. The van der Waals surface area contributed by atoms with Crippen molar-refractivity contribution in [1.82, 2.24) is 10.6 Å². The van der Waals surface area contributed by atoms with Crippen LogP contribution in [0.15, 0.2) is 54.2 Å². The summed E-state index contributed by atoms with van der Waals surface area (Å²) in [5, 5.41) is 14.6. The van der Waals surface area contributed by atoms with Gasteiger partial charge in [0.25, 0.3) is 11.8 Å². The number of aliphatic hydroxyl groups is 1. The van der Waals surface area contributed by atoms with Crippen molar-refractivity contribution in [2.75, 3.05) is 13.2 Å². The first-order valence-corrected chi connectivity index (χ1v) is 8.48. The molecular formula is C19H19BClN2O3. The second kappa shape index (κ2) is 9.80. The molecule has 0 atom stereocenters. The molecule has 0 saturated carbocycles. The van der Waals surface area contributed by atoms with Crippen LogP contribution in [0.4, 0.5) is 0 Å². The Morgan fingerprint density at radius 2 is 1.77 bits per heavy atom. The van der Waals surface area contributed by atoms with Gasteiger partial charge in [0.15, 0.2) is 0 Å². The minimum absolute atomic E-state index is 0.0805. The largest absolute Gasteiger partial charge is 0.395 e. The van der Waals surface area contributed by atoms with Crippen molar-refractivity contribution >= 4 is 42.2 Å². The van der Waals surface area contributed by atoms with Crippen LogP contribution in [0.2, 0.25) is 11.8 Å². The Morgan fingerprint density at radius 3 is 2.35 bits per heavy atom. The van der Waals surface area contributed by atoms with Crippen LogP contribution in [0.5, 0.6) is 0 Å². The van der Waals surface area contributed by atoms with E-state index in [0.29, 0.717) is 16.1 Å². The highest BCUT2D eigenvalue weighted by Gasteiger charge is 2.14. The van der Waals surface area contributed by atoms with E-state index in [-0.39, 0.29) is 18.8 Å². The summed E-state index contributed by atoms with van der Waals surface area (Å²) in [6, 6.07) is 13.9. The Bertz CT molecular complexity index is 789. The number of aliphatic hydroxyl groups excluding tert-OH is 1. The molecule has 0 fully saturated rings. The van der Waals surface area contributed by atoms with Gasteiger partial charge in [0, 0.05) is 17.1 Å². The van der Waals surface area contributed by atoms with Crippen LogP contribution in [-0.4, -0.2) is 37.4 Å². The quantitative estimate of drug-likeness (QED) is 0.512. The van der Waals surface area contributed by atoms with Crippen LogP contribution in [-0.2, 0) is 4.79 Å². The molecule has 26 heavy (non-hydrogen) atoms. The SMILES string of the molecule is C[B]c1ccc(C(=O)N/C(=C\c2ccc(Cl)cc2)C(=O)NCCO)cc1. The summed E-state index contributed by atoms with van der Waals surface area (Å²) in [7, 11) is 1.93. The third-order valence-electron chi connectivity index (χ3n) is 3.58. The van der Waals surface area contributed by atoms with Gasteiger partial charge in [0.1, 0.15) is 13.0 Å². The maximum absolute atomic E-state index is 12.5. The van der Waals surface area contributed by atoms with Crippen molar-refractivity contribution < 1.29 is 14.7 Å². The first kappa shape index (κ1) is 19.8. The van der Waals surface area contributed by atoms with Crippen molar-refractivity contribution in [2.24, 2.45) is 0 Å². The van der Waals surface area contributed by atoms with Crippen LogP contribution in [0.1, 0.15) is 15.9 Å². The molecule has 7 heteroatoms. The number of carbonyl (C=O) groups excluding carboxylic acids is 2. The molecule has 1 radical (unpaired) electrons. The fourth-order valence-corrected chi connectivity index (χ4v) is 2.30. The number of hydrogen-bond donors (Lipinski definition) is 3. The summed E-state index contributed by atoms with van der Waals surface area (Å²) < 4.78 is 0. The van der Waals surface area contributed by atoms with Gasteiger partial charge >= 0.3 is 0 Å². The lowest BCUT2D eigenvalue weighted by Gasteiger charge is -2.11. The molecule has 0 unspecified atom stereocenters. The van der Waals surface area contributed by atoms with E-state index in [0.717, 1.165) is 5.46 Å². The van der Waals surface area contributed by atoms with Gasteiger partial charge in [0.2, 0.25) is 0 Å². The Balaban J connectivity index is 2.23. The number of nitrogens with one attached hydrogen (secondary N) is 2. The lowest BCUT2D eigenvalue weighted by molar-refractivity contribution is -0.117. The van der Waals surface area contributed by atoms with Gasteiger partial charge in [-0.05, 0) is 23.8 Å². The first-order valence-electron chi connectivity index (χ1n) is 8.10. The highest BCUT2D eigenvalue weighted by Crippen LogP contribution is 2.12. The molecule has 0 aliphatic carbocycles. The summed E-state index contributed by atoms with van der Waals surface area (Å²) in [5.74, 6) is -0.882. The standard InChI is InChI=1S/C19H19BClN2O3/c1-20-15-6-4-14(5-7-15)18(25)23-17(19(26)22-10-11-24)12-13-2-8-16(21)9-3-13/h2-9,12,24H,10-11H2,1H3,(H,22,26)(H,23,25)/b17-12-. The minimum Gasteiger partial charge on any atom is -0.395 e. The number of hydrogen-bond acceptors (Lipinski definition) is 3. The lowest BCUT2D eigenvalue weighted by atomic mass is 9.73. The Kier molecular flexibility index (Phi) is 7.44. The van der Waals surface area contributed by atoms with Crippen LogP contribution < -0.4 is 16.1 Å². The third kappa shape index (κ3) is 5.76. The number of halogens is 1. The predicted octanol–water partition coefficient (Wildman–Crippen LogP) is 1.60. The van der Waals surface area contributed by atoms with Gasteiger partial charge in [-0.15, -0.1) is 0 Å². The van der Waals surface area contributed by atoms with Crippen molar-refractivity contribution in [1.29, 1.82) is 0 Å². The van der Waals surface area contributed by atoms with Crippen molar-refractivity contribution in [2.45, 2.75) is 6.82 Å². The van der Waals surface area contributed by atoms with Crippen molar-refractivity contribution in [3.8, 4) is 0 Å². The second-order valence-electron chi connectivity index (χ2n) is 5.45. The molecule has 0 saturated heterocycles. The third-order valence-corrected chi connectivity index (χ3v) is 3.83. The van der Waals surface area contributed by atoms with E-state index in [9.17, 15) is 9.59 Å². The maximum Gasteiger partial charge on any atom is 0.267 e. The molecule has 0 heterocycles. The molecular weight excluding hydrogens is 350 g/mol. The van der Waals surface area contributed by atoms with Gasteiger partial charge in [-0.25, -0.2) is 0 Å². The first-order chi connectivity index (χ1) is 12.5. The van der Waals surface area contributed by atoms with E-state index in [2.05, 4.69) is 10.6 Å². The molecule has 133 valence electrons. The second-order valence-corrected chi connectivity index (χ2v) is 5.89. The van der Waals surface area contributed by atoms with E-state index in [1.54, 1.807) is 42.5 Å². The molecule has 0 aliphatic heterocycles. The molecule has 2 aromatic carbocycles. The van der Waals surface area contributed by atoms with Crippen molar-refractivity contribution in [3.05, 3.63) is 70.4 Å². The zero-order valence-electron chi connectivity index (χ0n) is 14.3. The smallest absolute Gasteiger partial charge is 0.267 e. The Morgan fingerprint density at radius 1 is 1.12 bits per heavy atom. The predicted molar refractivity (Wildman–Crippen MR) is 105 cm³/mol. The topological polar surface area (TPSA) is 78.4 Å². The van der Waals surface area contributed by atoms with Crippen LogP contribution in [0.3, 0.4) is 0 Å². The summed E-state index contributed by atoms with van der Waals surface area (Å²) in [4.78, 5) is 24.8. The number of benzene rings is 2. The molecule has 2 aromatic rings. The van der Waals surface area contributed by atoms with Crippen LogP contribution in [0.25, 0.3) is 6.08 Å². The van der Waals surface area contributed by atoms with E-state index in [1.165, 1.54) is 0 Å². The van der Waals surface area contributed by atoms with E-state index in [1.807, 2.05) is 26.2 Å². The van der Waals surface area contributed by atoms with E-state index >= 15 is 0 Å². The van der Waals surface area contributed by atoms with Gasteiger partial charge in [-0.2, -0.15) is 0 Å². The maximum atomic E-state index is 12.5. The molecule has 3 N–H and O–H groups in total. The molecule has 2 amide bonds. The molecule has 0 bridgehead atoms. The Labute approximate surface area is 158 Å². The molecule has 0 spiro atoms. The summed E-state index contributed by atoms with van der Waals surface area (Å²) in [6.45, 7) is 1.81. The fraction of sp³-hybridized carbons (Fsp3) is 0.158. The molecule has 5 nitrogen and oxygen atoms in total. The fourth-order valence-electron chi connectivity index (χ4n) is 2.17. The number of amides is 2. The average molecular weight is 370 g/mol. The average Bonchev–Trinajstić information content (AvgIpc) is 2.67. The van der Waals surface area contributed by atoms with Gasteiger partial charge < -0.3 is 15.7 Å². The van der Waals surface area contributed by atoms with Crippen LogP contribution >= 0.6 is 11.6 Å². The summed E-state index contributed by atoms with van der Waals surface area (Å²) >= 11 is 5.87. The summed E-state index contributed by atoms with van der Waals surface area (Å²) in [6.07, 6.45) is 1.55. The molecule has 0 aromatic heterocycles. The zero-order chi connectivity index (χ0) is 18.9. The van der Waals surface area contributed by atoms with E-state index in [4.69, 9.17) is 16.7 Å². The highest BCUT2D eigenvalue weighted by molar-refractivity contribution is 6.51. The zero-order valence-corrected chi connectivity index (χ0v) is 15.1. The van der Waals surface area contributed by atoms with Crippen LogP contribution in [0, 0.1) is 0 Å². The minimum atomic E-state index is -0.485. The van der Waals surface area contributed by atoms with Crippen molar-refractivity contribution in [3.63, 3.8) is 0 Å².